The maximum Gasteiger partial charge on any atom is 0.329 e. The van der Waals surface area contributed by atoms with E-state index in [2.05, 4.69) is 11.8 Å². The largest absolute Gasteiger partial charge is 0.462 e. The molecule has 0 amide bonds. The minimum absolute atomic E-state index is 0.188. The van der Waals surface area contributed by atoms with Crippen LogP contribution < -0.4 is 0 Å². The van der Waals surface area contributed by atoms with E-state index in [9.17, 15) is 9.69 Å². The number of hydrogen-bond acceptors (Lipinski definition) is 6. The lowest BCUT2D eigenvalue weighted by molar-refractivity contribution is -0.135. The predicted octanol–water partition coefficient (Wildman–Crippen LogP) is 6.99. The summed E-state index contributed by atoms with van der Waals surface area (Å²) in [6.07, 6.45) is 21.2. The first-order valence-corrected chi connectivity index (χ1v) is 14.2. The minimum atomic E-state index is -1.91. The van der Waals surface area contributed by atoms with Crippen LogP contribution in [0.4, 0.5) is 0 Å². The summed E-state index contributed by atoms with van der Waals surface area (Å²) in [6.45, 7) is 4.29. The number of carbonyl (C=O) groups is 1. The first kappa shape index (κ1) is 31.7. The lowest BCUT2D eigenvalue weighted by Gasteiger charge is -2.17. The summed E-state index contributed by atoms with van der Waals surface area (Å²) >= 11 is 0. The normalized spacial score (nSPS) is 13.4. The standard InChI is InChI=1S/C25H52NO5P/c1-4-5-6-7-8-9-10-11-12-13-14-15-16-17-18-20-25(29-24-27)23-31-32(28)30-22-19-21-26(2)3/h24-25,28H,4-23H2,1-3H3. The Bertz CT molecular complexity index is 387. The third-order valence-corrected chi connectivity index (χ3v) is 6.47. The molecule has 6 nitrogen and oxygen atoms in total. The molecule has 0 aliphatic heterocycles. The van der Waals surface area contributed by atoms with Gasteiger partial charge in [0.25, 0.3) is 6.47 Å². The van der Waals surface area contributed by atoms with Gasteiger partial charge in [-0.1, -0.05) is 96.8 Å². The van der Waals surface area contributed by atoms with Gasteiger partial charge in [0.05, 0.1) is 13.2 Å². The fourth-order valence-electron chi connectivity index (χ4n) is 3.72. The molecule has 1 N–H and O–H groups in total. The molecule has 0 fully saturated rings. The molecule has 0 heterocycles. The first-order valence-electron chi connectivity index (χ1n) is 13.1. The number of unbranched alkanes of at least 4 members (excludes halogenated alkanes) is 14. The van der Waals surface area contributed by atoms with Gasteiger partial charge in [0.2, 0.25) is 0 Å². The number of nitrogens with zero attached hydrogens (tertiary/aromatic N) is 1. The van der Waals surface area contributed by atoms with Crippen molar-refractivity contribution in [2.24, 2.45) is 0 Å². The Morgan fingerprint density at radius 3 is 1.75 bits per heavy atom. The molecule has 0 spiro atoms. The Kier molecular flexibility index (Phi) is 25.2. The van der Waals surface area contributed by atoms with Gasteiger partial charge >= 0.3 is 8.60 Å². The highest BCUT2D eigenvalue weighted by molar-refractivity contribution is 7.40. The van der Waals surface area contributed by atoms with Gasteiger partial charge < -0.3 is 23.6 Å². The summed E-state index contributed by atoms with van der Waals surface area (Å²) < 4.78 is 15.7. The van der Waals surface area contributed by atoms with E-state index in [1.165, 1.54) is 83.5 Å². The highest BCUT2D eigenvalue weighted by Gasteiger charge is 2.14. The molecule has 2 atom stereocenters. The van der Waals surface area contributed by atoms with Gasteiger partial charge in [0.15, 0.2) is 0 Å². The molecule has 0 aromatic rings. The van der Waals surface area contributed by atoms with Crippen LogP contribution in [0.2, 0.25) is 0 Å². The molecule has 2 unspecified atom stereocenters. The summed E-state index contributed by atoms with van der Waals surface area (Å²) in [4.78, 5) is 22.6. The van der Waals surface area contributed by atoms with Crippen LogP contribution in [0.1, 0.15) is 116 Å². The number of ether oxygens (including phenoxy) is 1. The molecule has 0 saturated heterocycles. The van der Waals surface area contributed by atoms with Gasteiger partial charge in [-0.2, -0.15) is 0 Å². The molecule has 192 valence electrons. The van der Waals surface area contributed by atoms with Gasteiger partial charge in [-0.05, 0) is 39.9 Å². The molecule has 0 aliphatic rings. The molecule has 32 heavy (non-hydrogen) atoms. The fraction of sp³-hybridized carbons (Fsp3) is 0.960. The highest BCUT2D eigenvalue weighted by atomic mass is 31.2. The van der Waals surface area contributed by atoms with Crippen LogP contribution in [0.25, 0.3) is 0 Å². The Balaban J connectivity index is 3.50. The van der Waals surface area contributed by atoms with Crippen molar-refractivity contribution < 1.29 is 23.5 Å². The molecular weight excluding hydrogens is 425 g/mol. The van der Waals surface area contributed by atoms with Crippen LogP contribution in [0.3, 0.4) is 0 Å². The number of hydrogen-bond donors (Lipinski definition) is 1. The summed E-state index contributed by atoms with van der Waals surface area (Å²) in [7, 11) is 2.09. The second-order valence-corrected chi connectivity index (χ2v) is 10.1. The molecule has 0 aromatic carbocycles. The number of rotatable bonds is 26. The third kappa shape index (κ3) is 24.4. The lowest BCUT2D eigenvalue weighted by Crippen LogP contribution is -2.19. The van der Waals surface area contributed by atoms with Crippen LogP contribution in [-0.4, -0.2) is 56.2 Å². The van der Waals surface area contributed by atoms with Crippen LogP contribution in [0, 0.1) is 0 Å². The van der Waals surface area contributed by atoms with Crippen molar-refractivity contribution in [3.63, 3.8) is 0 Å². The van der Waals surface area contributed by atoms with E-state index in [1.807, 2.05) is 14.1 Å². The SMILES string of the molecule is CCCCCCCCCCCCCCCCCC(COP(O)OCCCN(C)C)OC=O. The zero-order valence-corrected chi connectivity index (χ0v) is 22.2. The van der Waals surface area contributed by atoms with Crippen molar-refractivity contribution in [3.8, 4) is 0 Å². The Labute approximate surface area is 199 Å². The van der Waals surface area contributed by atoms with Gasteiger partial charge in [0.1, 0.15) is 6.10 Å². The monoisotopic (exact) mass is 477 g/mol. The Morgan fingerprint density at radius 1 is 0.781 bits per heavy atom. The van der Waals surface area contributed by atoms with Crippen molar-refractivity contribution in [2.45, 2.75) is 122 Å². The summed E-state index contributed by atoms with van der Waals surface area (Å²) in [5.74, 6) is 0. The maximum atomic E-state index is 10.7. The van der Waals surface area contributed by atoms with Crippen molar-refractivity contribution in [1.29, 1.82) is 0 Å². The molecule has 0 aromatic heterocycles. The topological polar surface area (TPSA) is 68.2 Å². The van der Waals surface area contributed by atoms with Crippen LogP contribution in [0.5, 0.6) is 0 Å². The Hall–Kier alpha value is -0.260. The summed E-state index contributed by atoms with van der Waals surface area (Å²) in [5, 5.41) is 0. The van der Waals surface area contributed by atoms with Crippen LogP contribution >= 0.6 is 8.60 Å². The first-order chi connectivity index (χ1) is 15.6. The second-order valence-electron chi connectivity index (χ2n) is 9.12. The predicted molar refractivity (Wildman–Crippen MR) is 135 cm³/mol. The van der Waals surface area contributed by atoms with Gasteiger partial charge in [-0.25, -0.2) is 0 Å². The molecule has 0 rings (SSSR count). The van der Waals surface area contributed by atoms with Crippen LogP contribution in [-0.2, 0) is 18.6 Å². The average molecular weight is 478 g/mol. The molecular formula is C25H52NO5P. The molecule has 0 aliphatic carbocycles. The average Bonchev–Trinajstić information content (AvgIpc) is 2.77. The highest BCUT2D eigenvalue weighted by Crippen LogP contribution is 2.33. The third-order valence-electron chi connectivity index (χ3n) is 5.70. The van der Waals surface area contributed by atoms with Crippen molar-refractivity contribution >= 4 is 15.1 Å². The van der Waals surface area contributed by atoms with E-state index in [4.69, 9.17) is 13.8 Å². The molecule has 7 heteroatoms. The molecule has 0 bridgehead atoms. The van der Waals surface area contributed by atoms with Gasteiger partial charge in [-0.3, -0.25) is 4.79 Å². The lowest BCUT2D eigenvalue weighted by atomic mass is 10.0. The van der Waals surface area contributed by atoms with E-state index >= 15 is 0 Å². The van der Waals surface area contributed by atoms with E-state index in [-0.39, 0.29) is 12.7 Å². The van der Waals surface area contributed by atoms with E-state index in [0.29, 0.717) is 13.1 Å². The van der Waals surface area contributed by atoms with Crippen molar-refractivity contribution in [1.82, 2.24) is 4.90 Å². The molecule has 0 saturated carbocycles. The number of carbonyl (C=O) groups excluding carboxylic acids is 1. The maximum absolute atomic E-state index is 10.7. The second kappa shape index (κ2) is 25.4. The van der Waals surface area contributed by atoms with E-state index in [0.717, 1.165) is 32.2 Å². The zero-order chi connectivity index (χ0) is 23.7. The van der Waals surface area contributed by atoms with Crippen molar-refractivity contribution in [2.75, 3.05) is 33.9 Å². The zero-order valence-electron chi connectivity index (χ0n) is 21.3. The minimum Gasteiger partial charge on any atom is -0.462 e. The summed E-state index contributed by atoms with van der Waals surface area (Å²) in [5.41, 5.74) is 0. The van der Waals surface area contributed by atoms with Crippen LogP contribution in [0.15, 0.2) is 0 Å². The van der Waals surface area contributed by atoms with E-state index in [1.54, 1.807) is 0 Å². The van der Waals surface area contributed by atoms with E-state index < -0.39 is 8.60 Å². The fourth-order valence-corrected chi connectivity index (χ4v) is 4.37. The summed E-state index contributed by atoms with van der Waals surface area (Å²) in [6, 6.07) is 0. The molecule has 0 radical (unpaired) electrons. The quantitative estimate of drug-likeness (QED) is 0.0822. The van der Waals surface area contributed by atoms with Gasteiger partial charge in [-0.15, -0.1) is 0 Å². The smallest absolute Gasteiger partial charge is 0.329 e. The Morgan fingerprint density at radius 2 is 1.28 bits per heavy atom. The van der Waals surface area contributed by atoms with Crippen molar-refractivity contribution in [3.05, 3.63) is 0 Å². The van der Waals surface area contributed by atoms with Gasteiger partial charge in [0, 0.05) is 0 Å².